The van der Waals surface area contributed by atoms with Crippen LogP contribution in [0.2, 0.25) is 0 Å². The molecule has 0 aromatic rings. The van der Waals surface area contributed by atoms with E-state index in [2.05, 4.69) is 12.2 Å². The molecule has 2 unspecified atom stereocenters. The van der Waals surface area contributed by atoms with E-state index < -0.39 is 17.9 Å². The van der Waals surface area contributed by atoms with Crippen LogP contribution in [0.1, 0.15) is 19.8 Å². The van der Waals surface area contributed by atoms with Crippen LogP contribution >= 0.6 is 0 Å². The molecule has 3 rings (SSSR count). The van der Waals surface area contributed by atoms with Crippen LogP contribution in [0.25, 0.3) is 0 Å². The largest absolute Gasteiger partial charge is 0.497 e. The Kier molecular flexibility index (Phi) is 3.11. The Balaban J connectivity index is 1.87. The summed E-state index contributed by atoms with van der Waals surface area (Å²) in [7, 11) is 1.52. The summed E-state index contributed by atoms with van der Waals surface area (Å²) >= 11 is 0. The van der Waals surface area contributed by atoms with E-state index in [1.54, 1.807) is 0 Å². The third-order valence-corrected chi connectivity index (χ3v) is 3.88. The maximum absolute atomic E-state index is 11.5. The Morgan fingerprint density at radius 2 is 2.37 bits per heavy atom. The Hall–Kier alpha value is -1.33. The summed E-state index contributed by atoms with van der Waals surface area (Å²) in [5.41, 5.74) is 0. The molecule has 0 bridgehead atoms. The molecule has 0 saturated carbocycles. The summed E-state index contributed by atoms with van der Waals surface area (Å²) in [5.74, 6) is -0.522. The Labute approximate surface area is 112 Å². The minimum atomic E-state index is -0.914. The Morgan fingerprint density at radius 3 is 3.05 bits per heavy atom. The topological polar surface area (TPSA) is 54.0 Å². The highest BCUT2D eigenvalue weighted by atomic mass is 16.7. The summed E-state index contributed by atoms with van der Waals surface area (Å²) < 4.78 is 22.5. The highest BCUT2D eigenvalue weighted by Crippen LogP contribution is 2.46. The number of hydrogen-bond donors (Lipinski definition) is 0. The first-order valence-electron chi connectivity index (χ1n) is 6.63. The quantitative estimate of drug-likeness (QED) is 0.570. The fourth-order valence-corrected chi connectivity index (χ4v) is 3.11. The fourth-order valence-electron chi connectivity index (χ4n) is 3.11. The molecule has 0 radical (unpaired) electrons. The van der Waals surface area contributed by atoms with Gasteiger partial charge in [0.1, 0.15) is 5.76 Å². The van der Waals surface area contributed by atoms with E-state index in [0.29, 0.717) is 24.7 Å². The smallest absolute Gasteiger partial charge is 0.335 e. The van der Waals surface area contributed by atoms with Gasteiger partial charge in [-0.05, 0) is 13.3 Å². The van der Waals surface area contributed by atoms with Gasteiger partial charge in [0, 0.05) is 18.9 Å². The normalized spacial score (nSPS) is 40.2. The molecule has 0 aromatic carbocycles. The van der Waals surface area contributed by atoms with Crippen LogP contribution in [-0.2, 0) is 23.7 Å². The number of carbonyl (C=O) groups excluding carboxylic acids is 1. The molecular weight excluding hydrogens is 248 g/mol. The van der Waals surface area contributed by atoms with E-state index in [1.165, 1.54) is 13.2 Å². The Morgan fingerprint density at radius 1 is 1.53 bits per heavy atom. The lowest BCUT2D eigenvalue weighted by atomic mass is 9.97. The predicted molar refractivity (Wildman–Crippen MR) is 66.1 cm³/mol. The minimum Gasteiger partial charge on any atom is -0.497 e. The van der Waals surface area contributed by atoms with Crippen LogP contribution < -0.4 is 0 Å². The van der Waals surface area contributed by atoms with Crippen molar-refractivity contribution < 1.29 is 23.7 Å². The van der Waals surface area contributed by atoms with Gasteiger partial charge in [-0.15, -0.1) is 0 Å². The molecule has 19 heavy (non-hydrogen) atoms. The lowest BCUT2D eigenvalue weighted by Gasteiger charge is -2.34. The van der Waals surface area contributed by atoms with Crippen molar-refractivity contribution in [3.05, 3.63) is 24.0 Å². The van der Waals surface area contributed by atoms with Gasteiger partial charge in [0.05, 0.1) is 19.3 Å². The standard InChI is InChI=1S/C14H18O5/c1-3-17-14(8-9-5-4-6-10(9)19-14)13-11(16-2)7-12(15)18-13/h4-5,7,9-10,13H,3,6,8H2,1-2H3/t9-,10-,13?,14?/m0/s1. The minimum absolute atomic E-state index is 0.115. The molecule has 5 nitrogen and oxygen atoms in total. The van der Waals surface area contributed by atoms with E-state index in [-0.39, 0.29) is 6.10 Å². The third-order valence-electron chi connectivity index (χ3n) is 3.88. The van der Waals surface area contributed by atoms with Crippen molar-refractivity contribution in [2.24, 2.45) is 5.92 Å². The van der Waals surface area contributed by atoms with Gasteiger partial charge in [0.25, 0.3) is 0 Å². The van der Waals surface area contributed by atoms with Crippen LogP contribution in [0.4, 0.5) is 0 Å². The summed E-state index contributed by atoms with van der Waals surface area (Å²) in [4.78, 5) is 11.5. The second-order valence-electron chi connectivity index (χ2n) is 5.00. The van der Waals surface area contributed by atoms with Crippen molar-refractivity contribution in [3.8, 4) is 0 Å². The first-order valence-corrected chi connectivity index (χ1v) is 6.63. The molecule has 4 atom stereocenters. The van der Waals surface area contributed by atoms with E-state index >= 15 is 0 Å². The molecule has 0 amide bonds. The number of fused-ring (bicyclic) bond motifs is 1. The van der Waals surface area contributed by atoms with Crippen LogP contribution in [-0.4, -0.2) is 37.7 Å². The highest BCUT2D eigenvalue weighted by Gasteiger charge is 2.57. The number of hydrogen-bond acceptors (Lipinski definition) is 5. The number of carbonyl (C=O) groups is 1. The second-order valence-corrected chi connectivity index (χ2v) is 5.00. The maximum atomic E-state index is 11.5. The van der Waals surface area contributed by atoms with E-state index in [9.17, 15) is 4.79 Å². The van der Waals surface area contributed by atoms with Gasteiger partial charge >= 0.3 is 5.97 Å². The number of cyclic esters (lactones) is 1. The van der Waals surface area contributed by atoms with E-state index in [0.717, 1.165) is 6.42 Å². The average molecular weight is 266 g/mol. The summed E-state index contributed by atoms with van der Waals surface area (Å²) in [5, 5.41) is 0. The molecule has 3 aliphatic rings. The van der Waals surface area contributed by atoms with Gasteiger partial charge in [-0.25, -0.2) is 4.79 Å². The van der Waals surface area contributed by atoms with Crippen molar-refractivity contribution >= 4 is 5.97 Å². The zero-order chi connectivity index (χ0) is 13.5. The van der Waals surface area contributed by atoms with Crippen molar-refractivity contribution in [1.29, 1.82) is 0 Å². The number of methoxy groups -OCH3 is 1. The summed E-state index contributed by atoms with van der Waals surface area (Å²) in [6.45, 7) is 2.40. The first kappa shape index (κ1) is 12.7. The van der Waals surface area contributed by atoms with Crippen LogP contribution in [0, 0.1) is 5.92 Å². The summed E-state index contributed by atoms with van der Waals surface area (Å²) in [6.07, 6.45) is 6.70. The van der Waals surface area contributed by atoms with Crippen LogP contribution in [0.3, 0.4) is 0 Å². The van der Waals surface area contributed by atoms with Gasteiger partial charge in [-0.3, -0.25) is 0 Å². The second kappa shape index (κ2) is 4.65. The predicted octanol–water partition coefficient (Wildman–Crippen LogP) is 1.54. The molecule has 0 spiro atoms. The maximum Gasteiger partial charge on any atom is 0.335 e. The third kappa shape index (κ3) is 1.97. The fraction of sp³-hybridized carbons (Fsp3) is 0.643. The Bertz CT molecular complexity index is 441. The monoisotopic (exact) mass is 266 g/mol. The van der Waals surface area contributed by atoms with Gasteiger partial charge in [0.15, 0.2) is 0 Å². The highest BCUT2D eigenvalue weighted by molar-refractivity contribution is 5.85. The molecule has 2 aliphatic heterocycles. The molecule has 1 aliphatic carbocycles. The molecule has 0 aromatic heterocycles. The van der Waals surface area contributed by atoms with Gasteiger partial charge in [-0.2, -0.15) is 0 Å². The average Bonchev–Trinajstić information content (AvgIpc) is 3.02. The zero-order valence-corrected chi connectivity index (χ0v) is 11.1. The molecular formula is C14H18O5. The first-order chi connectivity index (χ1) is 9.18. The molecule has 0 N–H and O–H groups in total. The SMILES string of the molecule is CCOC1(C2OC(=O)C=C2OC)C[C@@H]2C=CC[C@@H]2O1. The number of esters is 1. The van der Waals surface area contributed by atoms with Gasteiger partial charge in [0.2, 0.25) is 11.9 Å². The molecule has 104 valence electrons. The lowest BCUT2D eigenvalue weighted by molar-refractivity contribution is -0.269. The van der Waals surface area contributed by atoms with Crippen molar-refractivity contribution in [3.63, 3.8) is 0 Å². The number of ether oxygens (including phenoxy) is 4. The lowest BCUT2D eigenvalue weighted by Crippen LogP contribution is -2.47. The van der Waals surface area contributed by atoms with Crippen molar-refractivity contribution in [2.75, 3.05) is 13.7 Å². The van der Waals surface area contributed by atoms with Gasteiger partial charge < -0.3 is 18.9 Å². The van der Waals surface area contributed by atoms with Gasteiger partial charge in [-0.1, -0.05) is 12.2 Å². The molecule has 2 heterocycles. The van der Waals surface area contributed by atoms with Crippen molar-refractivity contribution in [2.45, 2.75) is 37.8 Å². The van der Waals surface area contributed by atoms with Crippen molar-refractivity contribution in [1.82, 2.24) is 0 Å². The number of rotatable bonds is 4. The summed E-state index contributed by atoms with van der Waals surface area (Å²) in [6, 6.07) is 0. The molecule has 1 fully saturated rings. The van der Waals surface area contributed by atoms with E-state index in [1.807, 2.05) is 6.92 Å². The van der Waals surface area contributed by atoms with Crippen LogP contribution in [0.5, 0.6) is 0 Å². The zero-order valence-electron chi connectivity index (χ0n) is 11.1. The van der Waals surface area contributed by atoms with E-state index in [4.69, 9.17) is 18.9 Å². The van der Waals surface area contributed by atoms with Crippen LogP contribution in [0.15, 0.2) is 24.0 Å². The molecule has 5 heteroatoms. The molecule has 1 saturated heterocycles.